The minimum Gasteiger partial charge on any atom is -0.508 e. The highest BCUT2D eigenvalue weighted by molar-refractivity contribution is 7.74. The normalized spacial score (nSPS) is 11.6. The molecule has 0 aliphatic rings. The van der Waals surface area contributed by atoms with Gasteiger partial charge >= 0.3 is 0 Å². The van der Waals surface area contributed by atoms with E-state index in [2.05, 4.69) is 79.7 Å². The van der Waals surface area contributed by atoms with Gasteiger partial charge in [0.15, 0.2) is 0 Å². The van der Waals surface area contributed by atoms with Crippen LogP contribution in [0, 0.1) is 13.8 Å². The largest absolute Gasteiger partial charge is 0.508 e. The molecule has 31 heavy (non-hydrogen) atoms. The number of phenols is 2. The van der Waals surface area contributed by atoms with Crippen molar-refractivity contribution in [3.63, 3.8) is 0 Å². The first-order valence-corrected chi connectivity index (χ1v) is 11.8. The molecule has 0 saturated carbocycles. The molecule has 0 fully saturated rings. The van der Waals surface area contributed by atoms with Gasteiger partial charge in [-0.3, -0.25) is 0 Å². The fraction of sp³-hybridized carbons (Fsp3) is 0.143. The van der Waals surface area contributed by atoms with E-state index in [1.54, 1.807) is 12.1 Å². The average molecular weight is 426 g/mol. The Labute approximate surface area is 185 Å². The fourth-order valence-corrected chi connectivity index (χ4v) is 7.23. The van der Waals surface area contributed by atoms with Crippen LogP contribution in [0.15, 0.2) is 97.1 Å². The molecule has 0 aliphatic carbocycles. The average Bonchev–Trinajstić information content (AvgIpc) is 2.79. The molecule has 0 radical (unpaired) electrons. The molecule has 0 aliphatic heterocycles. The summed E-state index contributed by atoms with van der Waals surface area (Å²) in [5, 5.41) is 22.6. The molecule has 4 aromatic carbocycles. The highest BCUT2D eigenvalue weighted by Gasteiger charge is 2.40. The third kappa shape index (κ3) is 3.96. The van der Waals surface area contributed by atoms with Gasteiger partial charge in [-0.25, -0.2) is 0 Å². The monoisotopic (exact) mass is 426 g/mol. The SMILES string of the molecule is Cc1cc(C(C)(c2ccc(O)c(C)c2)P(c2ccccc2)c2ccccc2)ccc1O. The Morgan fingerprint density at radius 1 is 0.581 bits per heavy atom. The quantitative estimate of drug-likeness (QED) is 0.378. The van der Waals surface area contributed by atoms with E-state index >= 15 is 0 Å². The second-order valence-electron chi connectivity index (χ2n) is 8.08. The van der Waals surface area contributed by atoms with Crippen LogP contribution in [0.3, 0.4) is 0 Å². The summed E-state index contributed by atoms with van der Waals surface area (Å²) in [5.74, 6) is 0.605. The Morgan fingerprint density at radius 2 is 0.968 bits per heavy atom. The smallest absolute Gasteiger partial charge is 0.118 e. The van der Waals surface area contributed by atoms with Gasteiger partial charge in [-0.1, -0.05) is 84.9 Å². The van der Waals surface area contributed by atoms with Crippen LogP contribution < -0.4 is 10.6 Å². The lowest BCUT2D eigenvalue weighted by molar-refractivity contribution is 0.470. The number of benzene rings is 4. The topological polar surface area (TPSA) is 40.5 Å². The van der Waals surface area contributed by atoms with Crippen LogP contribution in [0.5, 0.6) is 11.5 Å². The number of aryl methyl sites for hydroxylation is 2. The minimum atomic E-state index is -0.856. The van der Waals surface area contributed by atoms with Gasteiger partial charge in [-0.05, 0) is 73.7 Å². The van der Waals surface area contributed by atoms with Crippen molar-refractivity contribution in [3.8, 4) is 11.5 Å². The van der Waals surface area contributed by atoms with E-state index in [0.29, 0.717) is 11.5 Å². The summed E-state index contributed by atoms with van der Waals surface area (Å²) in [7, 11) is -0.856. The maximum Gasteiger partial charge on any atom is 0.118 e. The van der Waals surface area contributed by atoms with E-state index in [0.717, 1.165) is 22.3 Å². The lowest BCUT2D eigenvalue weighted by atomic mass is 9.89. The van der Waals surface area contributed by atoms with Crippen LogP contribution in [0.1, 0.15) is 29.2 Å². The maximum absolute atomic E-state index is 10.2. The number of rotatable bonds is 5. The molecule has 0 bridgehead atoms. The van der Waals surface area contributed by atoms with Crippen molar-refractivity contribution in [2.45, 2.75) is 25.9 Å². The lowest BCUT2D eigenvalue weighted by Gasteiger charge is -2.40. The van der Waals surface area contributed by atoms with Gasteiger partial charge in [0.1, 0.15) is 11.5 Å². The summed E-state index contributed by atoms with van der Waals surface area (Å²) in [5.41, 5.74) is 4.00. The second kappa shape index (κ2) is 8.57. The summed E-state index contributed by atoms with van der Waals surface area (Å²) in [6, 6.07) is 33.1. The fourth-order valence-electron chi connectivity index (χ4n) is 4.16. The van der Waals surface area contributed by atoms with Crippen molar-refractivity contribution in [2.24, 2.45) is 0 Å². The summed E-state index contributed by atoms with van der Waals surface area (Å²) in [6.45, 7) is 6.17. The number of hydrogen-bond acceptors (Lipinski definition) is 2. The first-order chi connectivity index (χ1) is 14.9. The lowest BCUT2D eigenvalue weighted by Crippen LogP contribution is -2.31. The van der Waals surface area contributed by atoms with Gasteiger partial charge in [0, 0.05) is 5.16 Å². The molecule has 0 saturated heterocycles. The number of aromatic hydroxyl groups is 2. The van der Waals surface area contributed by atoms with Crippen molar-refractivity contribution in [2.75, 3.05) is 0 Å². The van der Waals surface area contributed by atoms with Crippen LogP contribution >= 0.6 is 7.92 Å². The van der Waals surface area contributed by atoms with Crippen molar-refractivity contribution in [3.05, 3.63) is 119 Å². The van der Waals surface area contributed by atoms with Gasteiger partial charge in [0.05, 0.1) is 0 Å². The molecular formula is C28H27O2P. The molecule has 2 N–H and O–H groups in total. The maximum atomic E-state index is 10.2. The summed E-state index contributed by atoms with van der Waals surface area (Å²) < 4.78 is 0. The molecule has 0 unspecified atom stereocenters. The van der Waals surface area contributed by atoms with Crippen LogP contribution in [-0.4, -0.2) is 10.2 Å². The molecular weight excluding hydrogens is 399 g/mol. The molecule has 156 valence electrons. The van der Waals surface area contributed by atoms with Gasteiger partial charge in [-0.15, -0.1) is 0 Å². The standard InChI is InChI=1S/C28H27O2P/c1-20-18-22(14-16-26(20)29)28(3,23-15-17-27(30)21(2)19-23)31(24-10-6-4-7-11-24)25-12-8-5-9-13-25/h4-19,29-30H,1-3H3. The van der Waals surface area contributed by atoms with E-state index < -0.39 is 7.92 Å². The van der Waals surface area contributed by atoms with Crippen molar-refractivity contribution in [1.29, 1.82) is 0 Å². The molecule has 3 heteroatoms. The van der Waals surface area contributed by atoms with Crippen LogP contribution in [0.25, 0.3) is 0 Å². The van der Waals surface area contributed by atoms with Gasteiger partial charge in [-0.2, -0.15) is 0 Å². The zero-order valence-corrected chi connectivity index (χ0v) is 19.0. The Balaban J connectivity index is 2.06. The Kier molecular flexibility index (Phi) is 5.85. The van der Waals surface area contributed by atoms with Crippen molar-refractivity contribution in [1.82, 2.24) is 0 Å². The molecule has 4 rings (SSSR count). The van der Waals surface area contributed by atoms with E-state index in [1.807, 2.05) is 26.0 Å². The molecule has 4 aromatic rings. The second-order valence-corrected chi connectivity index (χ2v) is 10.7. The molecule has 0 amide bonds. The van der Waals surface area contributed by atoms with E-state index in [-0.39, 0.29) is 5.16 Å². The zero-order valence-electron chi connectivity index (χ0n) is 18.1. The van der Waals surface area contributed by atoms with Gasteiger partial charge < -0.3 is 10.2 Å². The van der Waals surface area contributed by atoms with Gasteiger partial charge in [0.2, 0.25) is 0 Å². The molecule has 0 atom stereocenters. The number of hydrogen-bond donors (Lipinski definition) is 2. The summed E-state index contributed by atoms with van der Waals surface area (Å²) >= 11 is 0. The predicted molar refractivity (Wildman–Crippen MR) is 131 cm³/mol. The minimum absolute atomic E-state index is 0.303. The first kappa shape index (κ1) is 21.2. The van der Waals surface area contributed by atoms with Gasteiger partial charge in [0.25, 0.3) is 0 Å². The van der Waals surface area contributed by atoms with E-state index in [4.69, 9.17) is 0 Å². The summed E-state index contributed by atoms with van der Waals surface area (Å²) in [6.07, 6.45) is 0. The predicted octanol–water partition coefficient (Wildman–Crippen LogP) is 6.11. The first-order valence-electron chi connectivity index (χ1n) is 10.4. The van der Waals surface area contributed by atoms with Crippen molar-refractivity contribution < 1.29 is 10.2 Å². The number of phenolic OH excluding ortho intramolecular Hbond substituents is 2. The summed E-state index contributed by atoms with van der Waals surface area (Å²) in [4.78, 5) is 0. The third-order valence-electron chi connectivity index (χ3n) is 5.99. The van der Waals surface area contributed by atoms with Crippen LogP contribution in [-0.2, 0) is 5.16 Å². The van der Waals surface area contributed by atoms with Crippen molar-refractivity contribution >= 4 is 18.5 Å². The zero-order chi connectivity index (χ0) is 22.0. The third-order valence-corrected chi connectivity index (χ3v) is 9.03. The molecule has 0 spiro atoms. The molecule has 0 aromatic heterocycles. The Morgan fingerprint density at radius 3 is 1.32 bits per heavy atom. The molecule has 2 nitrogen and oxygen atoms in total. The highest BCUT2D eigenvalue weighted by Crippen LogP contribution is 2.58. The van der Waals surface area contributed by atoms with E-state index in [9.17, 15) is 10.2 Å². The molecule has 0 heterocycles. The Bertz CT molecular complexity index is 1100. The highest BCUT2D eigenvalue weighted by atomic mass is 31.1. The van der Waals surface area contributed by atoms with E-state index in [1.165, 1.54) is 10.6 Å². The van der Waals surface area contributed by atoms with Crippen LogP contribution in [0.4, 0.5) is 0 Å². The van der Waals surface area contributed by atoms with Crippen LogP contribution in [0.2, 0.25) is 0 Å². The Hall–Kier alpha value is -3.09.